The Balaban J connectivity index is 1.72. The molecule has 3 rings (SSSR count). The fraction of sp³-hybridized carbons (Fsp3) is 0.625. The lowest BCUT2D eigenvalue weighted by Crippen LogP contribution is -2.41. The smallest absolute Gasteiger partial charge is 0.123 e. The van der Waals surface area contributed by atoms with Crippen LogP contribution in [0.3, 0.4) is 0 Å². The first-order valence-corrected chi connectivity index (χ1v) is 8.22. The molecule has 1 unspecified atom stereocenters. The number of methoxy groups -OCH3 is 1. The molecule has 22 heavy (non-hydrogen) atoms. The van der Waals surface area contributed by atoms with Gasteiger partial charge in [0.15, 0.2) is 0 Å². The SMILES string of the molecule is COc1ccc(Cl)c2c1CN(CCN1CCOCC1)C2CN. The van der Waals surface area contributed by atoms with Crippen LogP contribution in [0.1, 0.15) is 17.2 Å². The molecule has 0 saturated carbocycles. The van der Waals surface area contributed by atoms with E-state index in [1.807, 2.05) is 12.1 Å². The lowest BCUT2D eigenvalue weighted by Gasteiger charge is -2.30. The van der Waals surface area contributed by atoms with E-state index in [1.165, 1.54) is 5.56 Å². The van der Waals surface area contributed by atoms with Crippen molar-refractivity contribution in [3.63, 3.8) is 0 Å². The summed E-state index contributed by atoms with van der Waals surface area (Å²) in [4.78, 5) is 4.85. The first-order chi connectivity index (χ1) is 10.7. The Morgan fingerprint density at radius 3 is 2.77 bits per heavy atom. The molecule has 0 amide bonds. The Labute approximate surface area is 136 Å². The van der Waals surface area contributed by atoms with E-state index in [9.17, 15) is 0 Å². The highest BCUT2D eigenvalue weighted by molar-refractivity contribution is 6.31. The monoisotopic (exact) mass is 325 g/mol. The minimum Gasteiger partial charge on any atom is -0.496 e. The number of halogens is 1. The molecule has 1 aromatic rings. The second kappa shape index (κ2) is 7.15. The number of fused-ring (bicyclic) bond motifs is 1. The van der Waals surface area contributed by atoms with Gasteiger partial charge in [0.25, 0.3) is 0 Å². The van der Waals surface area contributed by atoms with Gasteiger partial charge in [0, 0.05) is 55.9 Å². The Morgan fingerprint density at radius 1 is 1.32 bits per heavy atom. The van der Waals surface area contributed by atoms with Crippen LogP contribution in [-0.4, -0.2) is 62.8 Å². The lowest BCUT2D eigenvalue weighted by molar-refractivity contribution is 0.0313. The summed E-state index contributed by atoms with van der Waals surface area (Å²) in [7, 11) is 1.71. The van der Waals surface area contributed by atoms with Crippen molar-refractivity contribution in [2.24, 2.45) is 5.73 Å². The molecular weight excluding hydrogens is 302 g/mol. The highest BCUT2D eigenvalue weighted by atomic mass is 35.5. The summed E-state index contributed by atoms with van der Waals surface area (Å²) in [5.41, 5.74) is 8.36. The fourth-order valence-electron chi connectivity index (χ4n) is 3.42. The number of rotatable bonds is 5. The predicted octanol–water partition coefficient (Wildman–Crippen LogP) is 1.50. The number of hydrogen-bond donors (Lipinski definition) is 1. The van der Waals surface area contributed by atoms with Crippen LogP contribution >= 0.6 is 11.6 Å². The zero-order valence-corrected chi connectivity index (χ0v) is 13.8. The van der Waals surface area contributed by atoms with Gasteiger partial charge in [0.2, 0.25) is 0 Å². The normalized spacial score (nSPS) is 22.8. The number of morpholine rings is 1. The minimum atomic E-state index is 0.179. The van der Waals surface area contributed by atoms with Crippen molar-refractivity contribution in [1.82, 2.24) is 9.80 Å². The Hall–Kier alpha value is -0.850. The summed E-state index contributed by atoms with van der Waals surface area (Å²) in [5, 5.41) is 0.792. The molecule has 6 heteroatoms. The summed E-state index contributed by atoms with van der Waals surface area (Å²) in [5.74, 6) is 0.909. The van der Waals surface area contributed by atoms with Crippen molar-refractivity contribution in [1.29, 1.82) is 0 Å². The molecule has 2 aliphatic heterocycles. The zero-order valence-electron chi connectivity index (χ0n) is 13.1. The molecule has 122 valence electrons. The molecule has 0 aromatic heterocycles. The second-order valence-electron chi connectivity index (χ2n) is 5.82. The molecule has 0 aliphatic carbocycles. The summed E-state index contributed by atoms with van der Waals surface area (Å²) < 4.78 is 10.9. The third-order valence-corrected chi connectivity index (χ3v) is 4.98. The number of nitrogens with two attached hydrogens (primary N) is 1. The molecule has 2 N–H and O–H groups in total. The van der Waals surface area contributed by atoms with E-state index in [2.05, 4.69) is 9.80 Å². The van der Waals surface area contributed by atoms with E-state index in [1.54, 1.807) is 7.11 Å². The van der Waals surface area contributed by atoms with Gasteiger partial charge in [0.1, 0.15) is 5.75 Å². The maximum atomic E-state index is 6.42. The molecule has 1 fully saturated rings. The zero-order chi connectivity index (χ0) is 15.5. The highest BCUT2D eigenvalue weighted by Gasteiger charge is 2.33. The molecule has 1 aromatic carbocycles. The Kier molecular flexibility index (Phi) is 5.21. The summed E-state index contributed by atoms with van der Waals surface area (Å²) in [6.45, 7) is 7.13. The summed E-state index contributed by atoms with van der Waals surface area (Å²) in [6.07, 6.45) is 0. The third kappa shape index (κ3) is 3.09. The van der Waals surface area contributed by atoms with Crippen molar-refractivity contribution >= 4 is 11.6 Å². The van der Waals surface area contributed by atoms with Crippen LogP contribution in [0.2, 0.25) is 5.02 Å². The van der Waals surface area contributed by atoms with Crippen LogP contribution in [-0.2, 0) is 11.3 Å². The van der Waals surface area contributed by atoms with Crippen LogP contribution in [0.5, 0.6) is 5.75 Å². The van der Waals surface area contributed by atoms with Crippen molar-refractivity contribution in [2.45, 2.75) is 12.6 Å². The van der Waals surface area contributed by atoms with Gasteiger partial charge in [-0.2, -0.15) is 0 Å². The van der Waals surface area contributed by atoms with Gasteiger partial charge in [0.05, 0.1) is 20.3 Å². The van der Waals surface area contributed by atoms with Crippen molar-refractivity contribution in [2.75, 3.05) is 53.0 Å². The van der Waals surface area contributed by atoms with E-state index in [-0.39, 0.29) is 6.04 Å². The molecular formula is C16H24ClN3O2. The van der Waals surface area contributed by atoms with Crippen LogP contribution in [0.25, 0.3) is 0 Å². The second-order valence-corrected chi connectivity index (χ2v) is 6.23. The predicted molar refractivity (Wildman–Crippen MR) is 87.5 cm³/mol. The highest BCUT2D eigenvalue weighted by Crippen LogP contribution is 2.42. The first kappa shape index (κ1) is 16.0. The van der Waals surface area contributed by atoms with E-state index in [0.29, 0.717) is 6.54 Å². The number of ether oxygens (including phenoxy) is 2. The van der Waals surface area contributed by atoms with E-state index in [0.717, 1.165) is 62.3 Å². The van der Waals surface area contributed by atoms with E-state index < -0.39 is 0 Å². The van der Waals surface area contributed by atoms with Gasteiger partial charge >= 0.3 is 0 Å². The third-order valence-electron chi connectivity index (χ3n) is 4.65. The van der Waals surface area contributed by atoms with Crippen molar-refractivity contribution in [3.8, 4) is 5.75 Å². The summed E-state index contributed by atoms with van der Waals surface area (Å²) in [6, 6.07) is 4.03. The van der Waals surface area contributed by atoms with Gasteiger partial charge < -0.3 is 15.2 Å². The minimum absolute atomic E-state index is 0.179. The quantitative estimate of drug-likeness (QED) is 0.889. The molecule has 1 saturated heterocycles. The lowest BCUT2D eigenvalue weighted by atomic mass is 10.0. The van der Waals surface area contributed by atoms with Gasteiger partial charge in [-0.25, -0.2) is 0 Å². The van der Waals surface area contributed by atoms with E-state index in [4.69, 9.17) is 26.8 Å². The molecule has 5 nitrogen and oxygen atoms in total. The number of hydrogen-bond acceptors (Lipinski definition) is 5. The van der Waals surface area contributed by atoms with Crippen molar-refractivity contribution < 1.29 is 9.47 Å². The Morgan fingerprint density at radius 2 is 2.09 bits per heavy atom. The fourth-order valence-corrected chi connectivity index (χ4v) is 3.73. The largest absolute Gasteiger partial charge is 0.496 e. The topological polar surface area (TPSA) is 51.0 Å². The average Bonchev–Trinajstić information content (AvgIpc) is 2.94. The van der Waals surface area contributed by atoms with Gasteiger partial charge in [-0.3, -0.25) is 9.80 Å². The summed E-state index contributed by atoms with van der Waals surface area (Å²) >= 11 is 6.42. The van der Waals surface area contributed by atoms with Crippen LogP contribution < -0.4 is 10.5 Å². The van der Waals surface area contributed by atoms with Crippen LogP contribution in [0.4, 0.5) is 0 Å². The molecule has 0 bridgehead atoms. The van der Waals surface area contributed by atoms with Gasteiger partial charge in [-0.15, -0.1) is 0 Å². The van der Waals surface area contributed by atoms with E-state index >= 15 is 0 Å². The molecule has 2 aliphatic rings. The standard InChI is InChI=1S/C16H24ClN3O2/c1-21-15-3-2-13(17)16-12(15)11-20(14(16)10-18)5-4-19-6-8-22-9-7-19/h2-3,14H,4-11,18H2,1H3. The Bertz CT molecular complexity index is 520. The first-order valence-electron chi connectivity index (χ1n) is 7.84. The average molecular weight is 326 g/mol. The van der Waals surface area contributed by atoms with Gasteiger partial charge in [-0.1, -0.05) is 11.6 Å². The molecule has 2 heterocycles. The number of nitrogens with zero attached hydrogens (tertiary/aromatic N) is 2. The van der Waals surface area contributed by atoms with Gasteiger partial charge in [-0.05, 0) is 17.7 Å². The van der Waals surface area contributed by atoms with Crippen molar-refractivity contribution in [3.05, 3.63) is 28.3 Å². The number of benzene rings is 1. The van der Waals surface area contributed by atoms with Crippen LogP contribution in [0.15, 0.2) is 12.1 Å². The molecule has 0 spiro atoms. The molecule has 0 radical (unpaired) electrons. The van der Waals surface area contributed by atoms with Crippen LogP contribution in [0, 0.1) is 0 Å². The molecule has 1 atom stereocenters. The maximum Gasteiger partial charge on any atom is 0.123 e. The maximum absolute atomic E-state index is 6.42.